The monoisotopic (exact) mass is 602 g/mol. The van der Waals surface area contributed by atoms with Crippen LogP contribution in [0.1, 0.15) is 51.6 Å². The summed E-state index contributed by atoms with van der Waals surface area (Å²) in [6.07, 6.45) is 3.36. The highest BCUT2D eigenvalue weighted by molar-refractivity contribution is 6.06. The van der Waals surface area contributed by atoms with Crippen molar-refractivity contribution in [3.05, 3.63) is 136 Å². The molecule has 11 heteroatoms. The fraction of sp³-hybridized carbons (Fsp3) is 0.176. The fourth-order valence-electron chi connectivity index (χ4n) is 4.63. The number of nitriles is 1. The number of nitrogens with zero attached hydrogens (tertiary/aromatic N) is 5. The zero-order valence-electron chi connectivity index (χ0n) is 24.7. The molecule has 0 unspecified atom stereocenters. The summed E-state index contributed by atoms with van der Waals surface area (Å²) < 4.78 is 7.72. The van der Waals surface area contributed by atoms with E-state index >= 15 is 0 Å². The maximum atomic E-state index is 13.9. The molecule has 1 N–H and O–H groups in total. The molecule has 0 aliphatic rings. The molecule has 3 aromatic carbocycles. The summed E-state index contributed by atoms with van der Waals surface area (Å²) in [7, 11) is 0. The number of aromatic nitrogens is 2. The van der Waals surface area contributed by atoms with E-state index in [2.05, 4.69) is 16.4 Å². The Balaban J connectivity index is 1.42. The van der Waals surface area contributed by atoms with Crippen molar-refractivity contribution in [3.63, 3.8) is 0 Å². The third-order valence-electron chi connectivity index (χ3n) is 7.09. The molecule has 0 aliphatic heterocycles. The number of carbonyl (C=O) groups is 2. The quantitative estimate of drug-likeness (QED) is 0.140. The Labute approximate surface area is 259 Å². The van der Waals surface area contributed by atoms with Gasteiger partial charge in [-0.1, -0.05) is 26.0 Å². The van der Waals surface area contributed by atoms with Gasteiger partial charge < -0.3 is 19.2 Å². The Hall–Kier alpha value is -6.02. The second-order valence-electron chi connectivity index (χ2n) is 10.8. The topological polar surface area (TPSA) is 147 Å². The maximum Gasteiger partial charge on any atom is 0.287 e. The molecule has 0 spiro atoms. The van der Waals surface area contributed by atoms with Crippen LogP contribution in [0.3, 0.4) is 0 Å². The van der Waals surface area contributed by atoms with Crippen molar-refractivity contribution < 1.29 is 18.9 Å². The van der Waals surface area contributed by atoms with Crippen molar-refractivity contribution in [2.45, 2.75) is 26.9 Å². The number of nitrogens with one attached hydrogen (secondary N) is 1. The van der Waals surface area contributed by atoms with E-state index < -0.39 is 4.92 Å². The van der Waals surface area contributed by atoms with Crippen LogP contribution in [0.2, 0.25) is 0 Å². The van der Waals surface area contributed by atoms with Crippen molar-refractivity contribution in [1.82, 2.24) is 14.9 Å². The summed E-state index contributed by atoms with van der Waals surface area (Å²) in [5, 5.41) is 23.1. The van der Waals surface area contributed by atoms with E-state index in [1.165, 1.54) is 24.3 Å². The molecule has 11 nitrogen and oxygen atoms in total. The number of nitro groups is 1. The lowest BCUT2D eigenvalue weighted by Crippen LogP contribution is -2.31. The number of benzene rings is 3. The van der Waals surface area contributed by atoms with Gasteiger partial charge in [-0.3, -0.25) is 19.7 Å². The molecule has 0 aliphatic carbocycles. The summed E-state index contributed by atoms with van der Waals surface area (Å²) in [5.74, 6) is 0.377. The first-order valence-corrected chi connectivity index (χ1v) is 14.2. The molecule has 0 saturated carbocycles. The molecular weight excluding hydrogens is 572 g/mol. The predicted molar refractivity (Wildman–Crippen MR) is 167 cm³/mol. The molecule has 2 amide bonds. The first-order valence-electron chi connectivity index (χ1n) is 14.2. The van der Waals surface area contributed by atoms with E-state index in [4.69, 9.17) is 9.68 Å². The van der Waals surface area contributed by atoms with Crippen molar-refractivity contribution >= 4 is 23.2 Å². The number of furan rings is 1. The third kappa shape index (κ3) is 7.32. The Morgan fingerprint density at radius 3 is 2.38 bits per heavy atom. The van der Waals surface area contributed by atoms with Crippen LogP contribution in [0.5, 0.6) is 0 Å². The molecule has 0 saturated heterocycles. The third-order valence-corrected chi connectivity index (χ3v) is 7.09. The molecular formula is C34H30N6O5. The number of nitro benzene ring substituents is 1. The molecule has 2 aromatic heterocycles. The van der Waals surface area contributed by atoms with E-state index in [1.807, 2.05) is 30.5 Å². The van der Waals surface area contributed by atoms with Gasteiger partial charge in [0.1, 0.15) is 5.76 Å². The summed E-state index contributed by atoms with van der Waals surface area (Å²) in [6, 6.07) is 25.3. The maximum absolute atomic E-state index is 13.9. The van der Waals surface area contributed by atoms with Gasteiger partial charge in [-0.25, -0.2) is 4.98 Å². The van der Waals surface area contributed by atoms with Crippen LogP contribution in [-0.4, -0.2) is 32.8 Å². The number of hydrogen-bond donors (Lipinski definition) is 1. The van der Waals surface area contributed by atoms with Crippen LogP contribution >= 0.6 is 0 Å². The number of carbonyl (C=O) groups excluding carboxylic acids is 2. The molecule has 2 heterocycles. The van der Waals surface area contributed by atoms with E-state index in [0.29, 0.717) is 36.0 Å². The van der Waals surface area contributed by atoms with Crippen LogP contribution in [-0.2, 0) is 13.1 Å². The summed E-state index contributed by atoms with van der Waals surface area (Å²) >= 11 is 0. The van der Waals surface area contributed by atoms with Gasteiger partial charge in [0.05, 0.1) is 35.1 Å². The molecule has 0 fully saturated rings. The number of anilines is 1. The summed E-state index contributed by atoms with van der Waals surface area (Å²) in [6.45, 7) is 5.19. The predicted octanol–water partition coefficient (Wildman–Crippen LogP) is 6.20. The van der Waals surface area contributed by atoms with Crippen LogP contribution < -0.4 is 10.2 Å². The minimum atomic E-state index is -0.513. The van der Waals surface area contributed by atoms with Gasteiger partial charge in [-0.15, -0.1) is 0 Å². The van der Waals surface area contributed by atoms with Crippen molar-refractivity contribution in [3.8, 4) is 17.4 Å². The summed E-state index contributed by atoms with van der Waals surface area (Å²) in [4.78, 5) is 42.8. The van der Waals surface area contributed by atoms with Crippen LogP contribution in [0, 0.1) is 27.4 Å². The van der Waals surface area contributed by atoms with Crippen LogP contribution in [0.25, 0.3) is 11.3 Å². The lowest BCUT2D eigenvalue weighted by Gasteiger charge is -2.24. The zero-order valence-corrected chi connectivity index (χ0v) is 24.7. The van der Waals surface area contributed by atoms with Crippen molar-refractivity contribution in [2.24, 2.45) is 5.92 Å². The Kier molecular flexibility index (Phi) is 9.15. The number of imidazole rings is 1. The number of amides is 2. The Morgan fingerprint density at radius 2 is 1.73 bits per heavy atom. The van der Waals surface area contributed by atoms with Gasteiger partial charge in [-0.2, -0.15) is 5.26 Å². The fourth-order valence-corrected chi connectivity index (χ4v) is 4.63. The molecule has 226 valence electrons. The van der Waals surface area contributed by atoms with Gasteiger partial charge in [-0.05, 0) is 72.1 Å². The molecule has 0 atom stereocenters. The Bertz CT molecular complexity index is 1850. The second kappa shape index (κ2) is 13.5. The summed E-state index contributed by atoms with van der Waals surface area (Å²) in [5.41, 5.74) is 3.74. The lowest BCUT2D eigenvalue weighted by molar-refractivity contribution is -0.384. The van der Waals surface area contributed by atoms with Crippen molar-refractivity contribution in [1.29, 1.82) is 5.26 Å². The smallest absolute Gasteiger partial charge is 0.287 e. The average Bonchev–Trinajstić information content (AvgIpc) is 3.73. The van der Waals surface area contributed by atoms with Gasteiger partial charge in [0, 0.05) is 48.2 Å². The Morgan fingerprint density at radius 1 is 1.02 bits per heavy atom. The molecule has 45 heavy (non-hydrogen) atoms. The first kappa shape index (κ1) is 30.4. The first-order chi connectivity index (χ1) is 21.7. The van der Waals surface area contributed by atoms with E-state index in [9.17, 15) is 19.7 Å². The second-order valence-corrected chi connectivity index (χ2v) is 10.8. The molecule has 0 radical (unpaired) electrons. The van der Waals surface area contributed by atoms with E-state index in [-0.39, 0.29) is 35.4 Å². The standard InChI is InChI=1S/C34H30N6O5/c1-23(2)18-37-33(41)32-16-15-31(45-32)26-7-11-28(12-8-26)39(34(42)27-9-13-29(14-10-27)40(43)44)21-30-19-36-22-38(30)20-25-5-3-24(17-35)4-6-25/h3-16,19,22-23H,18,20-21H2,1-2H3,(H,37,41). The molecule has 5 aromatic rings. The largest absolute Gasteiger partial charge is 0.451 e. The van der Waals surface area contributed by atoms with Gasteiger partial charge in [0.2, 0.25) is 0 Å². The SMILES string of the molecule is CC(C)CNC(=O)c1ccc(-c2ccc(N(Cc3cncn3Cc3ccc(C#N)cc3)C(=O)c3ccc([N+](=O)[O-])cc3)cc2)o1. The highest BCUT2D eigenvalue weighted by atomic mass is 16.6. The number of rotatable bonds is 11. The number of non-ortho nitro benzene ring substituents is 1. The van der Waals surface area contributed by atoms with Crippen LogP contribution in [0.4, 0.5) is 11.4 Å². The van der Waals surface area contributed by atoms with E-state index in [1.54, 1.807) is 66.0 Å². The highest BCUT2D eigenvalue weighted by Crippen LogP contribution is 2.28. The van der Waals surface area contributed by atoms with Gasteiger partial charge >= 0.3 is 0 Å². The molecule has 0 bridgehead atoms. The highest BCUT2D eigenvalue weighted by Gasteiger charge is 2.22. The van der Waals surface area contributed by atoms with Gasteiger partial charge in [0.15, 0.2) is 5.76 Å². The normalized spacial score (nSPS) is 10.8. The minimum absolute atomic E-state index is 0.112. The van der Waals surface area contributed by atoms with E-state index in [0.717, 1.165) is 16.8 Å². The lowest BCUT2D eigenvalue weighted by atomic mass is 10.1. The van der Waals surface area contributed by atoms with Gasteiger partial charge in [0.25, 0.3) is 17.5 Å². The molecule has 5 rings (SSSR count). The average molecular weight is 603 g/mol. The minimum Gasteiger partial charge on any atom is -0.451 e. The van der Waals surface area contributed by atoms with Crippen molar-refractivity contribution in [2.75, 3.05) is 11.4 Å². The number of hydrogen-bond acceptors (Lipinski definition) is 7. The zero-order chi connectivity index (χ0) is 31.9. The van der Waals surface area contributed by atoms with Crippen LogP contribution in [0.15, 0.2) is 102 Å².